The number of nitrogens with zero attached hydrogens (tertiary/aromatic N) is 3. The van der Waals surface area contributed by atoms with Crippen molar-refractivity contribution in [2.75, 3.05) is 36.8 Å². The van der Waals surface area contributed by atoms with Gasteiger partial charge in [0, 0.05) is 37.8 Å². The number of piperazine rings is 1. The molecule has 0 radical (unpaired) electrons. The standard InChI is InChI=1S/C13H20F2N4/c1-13(2,3)19-6-4-18(5-7-19)12-10(15)8-9(14)11(16)17-12/h8H,4-7H2,1-3H3,(H2,16,17). The molecule has 2 N–H and O–H groups in total. The Balaban J connectivity index is 2.12. The summed E-state index contributed by atoms with van der Waals surface area (Å²) in [6.45, 7) is 9.41. The molecule has 6 heteroatoms. The Labute approximate surface area is 112 Å². The summed E-state index contributed by atoms with van der Waals surface area (Å²) in [6.07, 6.45) is 0. The lowest BCUT2D eigenvalue weighted by atomic mass is 10.0. The molecule has 0 atom stereocenters. The van der Waals surface area contributed by atoms with E-state index in [0.29, 0.717) is 13.1 Å². The molecular weight excluding hydrogens is 250 g/mol. The number of pyridine rings is 1. The topological polar surface area (TPSA) is 45.4 Å². The summed E-state index contributed by atoms with van der Waals surface area (Å²) < 4.78 is 26.8. The van der Waals surface area contributed by atoms with E-state index in [1.54, 1.807) is 0 Å². The highest BCUT2D eigenvalue weighted by atomic mass is 19.1. The van der Waals surface area contributed by atoms with Crippen LogP contribution in [0, 0.1) is 11.6 Å². The van der Waals surface area contributed by atoms with Crippen molar-refractivity contribution in [3.63, 3.8) is 0 Å². The Morgan fingerprint density at radius 3 is 2.21 bits per heavy atom. The minimum Gasteiger partial charge on any atom is -0.381 e. The number of nitrogens with two attached hydrogens (primary N) is 1. The predicted octanol–water partition coefficient (Wildman–Crippen LogP) is 1.86. The minimum absolute atomic E-state index is 0.0971. The first kappa shape index (κ1) is 14.0. The van der Waals surface area contributed by atoms with Crippen molar-refractivity contribution in [3.05, 3.63) is 17.7 Å². The van der Waals surface area contributed by atoms with Crippen LogP contribution in [-0.4, -0.2) is 41.6 Å². The van der Waals surface area contributed by atoms with Gasteiger partial charge in [-0.05, 0) is 20.8 Å². The van der Waals surface area contributed by atoms with Gasteiger partial charge in [-0.3, -0.25) is 4.90 Å². The van der Waals surface area contributed by atoms with Crippen LogP contribution in [0.1, 0.15) is 20.8 Å². The fraction of sp³-hybridized carbons (Fsp3) is 0.615. The average Bonchev–Trinajstić information content (AvgIpc) is 2.33. The monoisotopic (exact) mass is 270 g/mol. The molecule has 0 amide bonds. The third kappa shape index (κ3) is 2.94. The van der Waals surface area contributed by atoms with Gasteiger partial charge in [0.25, 0.3) is 0 Å². The zero-order valence-electron chi connectivity index (χ0n) is 11.6. The molecule has 2 heterocycles. The Kier molecular flexibility index (Phi) is 3.62. The molecule has 1 aromatic heterocycles. The summed E-state index contributed by atoms with van der Waals surface area (Å²) in [6, 6.07) is 0.799. The van der Waals surface area contributed by atoms with E-state index in [4.69, 9.17) is 5.73 Å². The first-order chi connectivity index (χ1) is 8.79. The van der Waals surface area contributed by atoms with E-state index in [0.717, 1.165) is 19.2 Å². The van der Waals surface area contributed by atoms with Crippen molar-refractivity contribution < 1.29 is 8.78 Å². The second-order valence-electron chi connectivity index (χ2n) is 5.81. The summed E-state index contributed by atoms with van der Waals surface area (Å²) in [7, 11) is 0. The first-order valence-electron chi connectivity index (χ1n) is 6.40. The van der Waals surface area contributed by atoms with E-state index in [2.05, 4.69) is 30.7 Å². The summed E-state index contributed by atoms with van der Waals surface area (Å²) in [5.41, 5.74) is 5.50. The van der Waals surface area contributed by atoms with Crippen molar-refractivity contribution in [1.29, 1.82) is 0 Å². The van der Waals surface area contributed by atoms with E-state index < -0.39 is 11.6 Å². The fourth-order valence-corrected chi connectivity index (χ4v) is 2.28. The molecule has 2 rings (SSSR count). The largest absolute Gasteiger partial charge is 0.381 e. The molecule has 1 fully saturated rings. The molecule has 0 aliphatic carbocycles. The fourth-order valence-electron chi connectivity index (χ4n) is 2.28. The average molecular weight is 270 g/mol. The summed E-state index contributed by atoms with van der Waals surface area (Å²) in [5.74, 6) is -1.58. The highest BCUT2D eigenvalue weighted by Crippen LogP contribution is 2.23. The molecule has 1 aromatic rings. The van der Waals surface area contributed by atoms with Crippen molar-refractivity contribution in [3.8, 4) is 0 Å². The summed E-state index contributed by atoms with van der Waals surface area (Å²) in [5, 5.41) is 0. The molecule has 0 spiro atoms. The van der Waals surface area contributed by atoms with E-state index in [9.17, 15) is 8.78 Å². The summed E-state index contributed by atoms with van der Waals surface area (Å²) in [4.78, 5) is 7.96. The Hall–Kier alpha value is -1.43. The van der Waals surface area contributed by atoms with Crippen LogP contribution in [0.4, 0.5) is 20.4 Å². The molecular formula is C13H20F2N4. The van der Waals surface area contributed by atoms with Gasteiger partial charge in [0.15, 0.2) is 23.3 Å². The lowest BCUT2D eigenvalue weighted by Crippen LogP contribution is -2.53. The SMILES string of the molecule is CC(C)(C)N1CCN(c2nc(N)c(F)cc2F)CC1. The Bertz CT molecular complexity index is 462. The Morgan fingerprint density at radius 1 is 1.11 bits per heavy atom. The lowest BCUT2D eigenvalue weighted by molar-refractivity contribution is 0.128. The smallest absolute Gasteiger partial charge is 0.168 e. The number of hydrogen-bond acceptors (Lipinski definition) is 4. The van der Waals surface area contributed by atoms with Crippen molar-refractivity contribution >= 4 is 11.6 Å². The van der Waals surface area contributed by atoms with Crippen LogP contribution in [0.25, 0.3) is 0 Å². The minimum atomic E-state index is -0.811. The number of aromatic nitrogens is 1. The lowest BCUT2D eigenvalue weighted by Gasteiger charge is -2.42. The van der Waals surface area contributed by atoms with Crippen LogP contribution in [0.5, 0.6) is 0 Å². The number of halogens is 2. The maximum Gasteiger partial charge on any atom is 0.168 e. The van der Waals surface area contributed by atoms with Gasteiger partial charge in [-0.1, -0.05) is 0 Å². The van der Waals surface area contributed by atoms with E-state index >= 15 is 0 Å². The Morgan fingerprint density at radius 2 is 1.68 bits per heavy atom. The molecule has 1 saturated heterocycles. The van der Waals surface area contributed by atoms with Gasteiger partial charge >= 0.3 is 0 Å². The van der Waals surface area contributed by atoms with Crippen LogP contribution >= 0.6 is 0 Å². The van der Waals surface area contributed by atoms with Gasteiger partial charge in [0.2, 0.25) is 0 Å². The van der Waals surface area contributed by atoms with Crippen LogP contribution in [0.2, 0.25) is 0 Å². The quantitative estimate of drug-likeness (QED) is 0.846. The van der Waals surface area contributed by atoms with Crippen LogP contribution in [0.3, 0.4) is 0 Å². The van der Waals surface area contributed by atoms with Gasteiger partial charge < -0.3 is 10.6 Å². The van der Waals surface area contributed by atoms with Gasteiger partial charge in [-0.15, -0.1) is 0 Å². The highest BCUT2D eigenvalue weighted by Gasteiger charge is 2.27. The third-order valence-electron chi connectivity index (χ3n) is 3.47. The number of hydrogen-bond donors (Lipinski definition) is 1. The normalized spacial score (nSPS) is 17.8. The highest BCUT2D eigenvalue weighted by molar-refractivity contribution is 5.47. The van der Waals surface area contributed by atoms with E-state index in [1.165, 1.54) is 0 Å². The van der Waals surface area contributed by atoms with Crippen molar-refractivity contribution in [2.24, 2.45) is 0 Å². The molecule has 0 aromatic carbocycles. The predicted molar refractivity (Wildman–Crippen MR) is 72.1 cm³/mol. The van der Waals surface area contributed by atoms with Gasteiger partial charge in [-0.2, -0.15) is 0 Å². The molecule has 1 aliphatic rings. The third-order valence-corrected chi connectivity index (χ3v) is 3.47. The first-order valence-corrected chi connectivity index (χ1v) is 6.40. The van der Waals surface area contributed by atoms with Gasteiger partial charge in [0.05, 0.1) is 0 Å². The van der Waals surface area contributed by atoms with Crippen LogP contribution < -0.4 is 10.6 Å². The molecule has 0 bridgehead atoms. The molecule has 106 valence electrons. The van der Waals surface area contributed by atoms with Crippen LogP contribution in [-0.2, 0) is 0 Å². The molecule has 4 nitrogen and oxygen atoms in total. The zero-order valence-corrected chi connectivity index (χ0v) is 11.6. The van der Waals surface area contributed by atoms with Crippen LogP contribution in [0.15, 0.2) is 6.07 Å². The maximum absolute atomic E-state index is 13.7. The maximum atomic E-state index is 13.7. The molecule has 19 heavy (non-hydrogen) atoms. The molecule has 0 unspecified atom stereocenters. The number of rotatable bonds is 1. The van der Waals surface area contributed by atoms with E-state index in [1.807, 2.05) is 4.90 Å². The summed E-state index contributed by atoms with van der Waals surface area (Å²) >= 11 is 0. The second kappa shape index (κ2) is 4.92. The number of anilines is 2. The second-order valence-corrected chi connectivity index (χ2v) is 5.81. The van der Waals surface area contributed by atoms with Crippen molar-refractivity contribution in [2.45, 2.75) is 26.3 Å². The van der Waals surface area contributed by atoms with Gasteiger partial charge in [0.1, 0.15) is 0 Å². The molecule has 0 saturated carbocycles. The molecule has 1 aliphatic heterocycles. The van der Waals surface area contributed by atoms with Crippen molar-refractivity contribution in [1.82, 2.24) is 9.88 Å². The van der Waals surface area contributed by atoms with Gasteiger partial charge in [-0.25, -0.2) is 13.8 Å². The van der Waals surface area contributed by atoms with E-state index in [-0.39, 0.29) is 17.2 Å². The zero-order chi connectivity index (χ0) is 14.2. The number of nitrogen functional groups attached to an aromatic ring is 1.